The van der Waals surface area contributed by atoms with Crippen LogP contribution in [0.15, 0.2) is 97.7 Å². The number of pyridine rings is 3. The predicted octanol–water partition coefficient (Wildman–Crippen LogP) is 6.73. The summed E-state index contributed by atoms with van der Waals surface area (Å²) in [6.07, 6.45) is 13.3. The van der Waals surface area contributed by atoms with Gasteiger partial charge in [-0.3, -0.25) is 15.0 Å². The summed E-state index contributed by atoms with van der Waals surface area (Å²) >= 11 is 0. The number of nitrogens with zero attached hydrogens (tertiary/aromatic N) is 5. The highest BCUT2D eigenvalue weighted by molar-refractivity contribution is 5.18. The average Bonchev–Trinajstić information content (AvgIpc) is 2.97. The lowest BCUT2D eigenvalue weighted by molar-refractivity contribution is 0.317. The van der Waals surface area contributed by atoms with Crippen molar-refractivity contribution >= 4 is 0 Å². The van der Waals surface area contributed by atoms with E-state index >= 15 is 0 Å². The highest BCUT2D eigenvalue weighted by atomic mass is 15.2. The Hall–Kier alpha value is -3.99. The summed E-state index contributed by atoms with van der Waals surface area (Å²) in [5.41, 5.74) is 8.18. The van der Waals surface area contributed by atoms with Crippen molar-refractivity contribution in [3.63, 3.8) is 0 Å². The van der Waals surface area contributed by atoms with Crippen LogP contribution in [0.2, 0.25) is 0 Å². The third-order valence-corrected chi connectivity index (χ3v) is 6.69. The summed E-state index contributed by atoms with van der Waals surface area (Å²) in [6, 6.07) is 23.5. The molecule has 3 aromatic heterocycles. The molecule has 3 heterocycles. The number of hydrogen-bond acceptors (Lipinski definition) is 5. The second-order valence-electron chi connectivity index (χ2n) is 9.63. The molecule has 1 aromatic carbocycles. The topological polar surface area (TPSA) is 45.2 Å². The SMILES string of the molecule is CCc1ccc(CN(/C=C/N(Cc2ccc(CC)cn2)Cc2ccc(CC)cn2)Cc2ccccc2)nc1. The lowest BCUT2D eigenvalue weighted by Crippen LogP contribution is -2.22. The van der Waals surface area contributed by atoms with E-state index in [1.807, 2.05) is 18.6 Å². The van der Waals surface area contributed by atoms with Gasteiger partial charge >= 0.3 is 0 Å². The summed E-state index contributed by atoms with van der Waals surface area (Å²) in [7, 11) is 0. The Morgan fingerprint density at radius 1 is 0.474 bits per heavy atom. The number of hydrogen-bond donors (Lipinski definition) is 0. The van der Waals surface area contributed by atoms with Gasteiger partial charge in [-0.2, -0.15) is 0 Å². The number of aromatic nitrogens is 3. The minimum absolute atomic E-state index is 0.709. The van der Waals surface area contributed by atoms with Gasteiger partial charge in [-0.25, -0.2) is 0 Å². The molecule has 196 valence electrons. The summed E-state index contributed by atoms with van der Waals surface area (Å²) < 4.78 is 0. The van der Waals surface area contributed by atoms with Gasteiger partial charge in [0, 0.05) is 37.5 Å². The van der Waals surface area contributed by atoms with E-state index in [4.69, 9.17) is 15.0 Å². The van der Waals surface area contributed by atoms with Crippen molar-refractivity contribution in [1.82, 2.24) is 24.8 Å². The standard InChI is InChI=1S/C33H39N5/c1-4-27-12-15-31(34-20-27)24-37(23-30-10-8-7-9-11-30)18-19-38(25-32-16-13-28(5-2)21-35-32)26-33-17-14-29(6-3)22-36-33/h7-22H,4-6,23-26H2,1-3H3/b19-18+. The van der Waals surface area contributed by atoms with Gasteiger partial charge < -0.3 is 9.80 Å². The van der Waals surface area contributed by atoms with Gasteiger partial charge in [0.05, 0.1) is 36.7 Å². The molecule has 0 spiro atoms. The van der Waals surface area contributed by atoms with Crippen molar-refractivity contribution in [1.29, 1.82) is 0 Å². The highest BCUT2D eigenvalue weighted by Crippen LogP contribution is 2.14. The molecule has 0 saturated carbocycles. The third kappa shape index (κ3) is 8.27. The van der Waals surface area contributed by atoms with Crippen LogP contribution in [0.1, 0.15) is 60.1 Å². The van der Waals surface area contributed by atoms with Crippen LogP contribution < -0.4 is 0 Å². The minimum atomic E-state index is 0.709. The zero-order chi connectivity index (χ0) is 26.6. The molecule has 5 heteroatoms. The fraction of sp³-hybridized carbons (Fsp3) is 0.303. The second-order valence-corrected chi connectivity index (χ2v) is 9.63. The first-order valence-corrected chi connectivity index (χ1v) is 13.7. The Morgan fingerprint density at radius 2 is 0.868 bits per heavy atom. The Balaban J connectivity index is 1.56. The molecule has 0 atom stereocenters. The molecule has 0 aliphatic rings. The Morgan fingerprint density at radius 3 is 1.21 bits per heavy atom. The summed E-state index contributed by atoms with van der Waals surface area (Å²) in [5.74, 6) is 0. The quantitative estimate of drug-likeness (QED) is 0.201. The largest absolute Gasteiger partial charge is 0.366 e. The number of aryl methyl sites for hydroxylation is 3. The molecule has 5 nitrogen and oxygen atoms in total. The lowest BCUT2D eigenvalue weighted by Gasteiger charge is -2.24. The van der Waals surface area contributed by atoms with E-state index in [9.17, 15) is 0 Å². The van der Waals surface area contributed by atoms with Crippen LogP contribution in [0.5, 0.6) is 0 Å². The summed E-state index contributed by atoms with van der Waals surface area (Å²) in [4.78, 5) is 18.8. The van der Waals surface area contributed by atoms with E-state index in [-0.39, 0.29) is 0 Å². The molecule has 4 rings (SSSR count). The smallest absolute Gasteiger partial charge is 0.0601 e. The zero-order valence-electron chi connectivity index (χ0n) is 22.9. The molecule has 0 fully saturated rings. The van der Waals surface area contributed by atoms with Crippen molar-refractivity contribution < 1.29 is 0 Å². The van der Waals surface area contributed by atoms with Gasteiger partial charge in [-0.1, -0.05) is 69.3 Å². The van der Waals surface area contributed by atoms with Crippen molar-refractivity contribution in [2.75, 3.05) is 0 Å². The van der Waals surface area contributed by atoms with Crippen molar-refractivity contribution in [3.8, 4) is 0 Å². The van der Waals surface area contributed by atoms with E-state index in [2.05, 4.69) is 110 Å². The molecule has 0 radical (unpaired) electrons. The monoisotopic (exact) mass is 505 g/mol. The van der Waals surface area contributed by atoms with E-state index in [0.717, 1.165) is 49.4 Å². The molecule has 0 bridgehead atoms. The number of benzene rings is 1. The molecular formula is C33H39N5. The van der Waals surface area contributed by atoms with Gasteiger partial charge in [-0.15, -0.1) is 0 Å². The maximum absolute atomic E-state index is 4.72. The van der Waals surface area contributed by atoms with E-state index in [1.165, 1.54) is 22.3 Å². The van der Waals surface area contributed by atoms with Gasteiger partial charge in [-0.05, 0) is 59.7 Å². The Kier molecular flexibility index (Phi) is 10.0. The first kappa shape index (κ1) is 27.1. The van der Waals surface area contributed by atoms with Gasteiger partial charge in [0.25, 0.3) is 0 Å². The van der Waals surface area contributed by atoms with Crippen LogP contribution >= 0.6 is 0 Å². The summed E-state index contributed by atoms with van der Waals surface area (Å²) in [5, 5.41) is 0. The van der Waals surface area contributed by atoms with Crippen LogP contribution in [0, 0.1) is 0 Å². The maximum Gasteiger partial charge on any atom is 0.0601 e. The minimum Gasteiger partial charge on any atom is -0.366 e. The Labute approximate surface area is 227 Å². The Bertz CT molecular complexity index is 1200. The predicted molar refractivity (Wildman–Crippen MR) is 155 cm³/mol. The van der Waals surface area contributed by atoms with Crippen molar-refractivity contribution in [2.45, 2.75) is 66.2 Å². The van der Waals surface area contributed by atoms with E-state index in [1.54, 1.807) is 0 Å². The highest BCUT2D eigenvalue weighted by Gasteiger charge is 2.09. The van der Waals surface area contributed by atoms with Crippen molar-refractivity contribution in [2.24, 2.45) is 0 Å². The molecule has 0 aliphatic carbocycles. The van der Waals surface area contributed by atoms with Crippen molar-refractivity contribution in [3.05, 3.63) is 137 Å². The first-order chi connectivity index (χ1) is 18.6. The normalized spacial score (nSPS) is 11.1. The third-order valence-electron chi connectivity index (χ3n) is 6.69. The van der Waals surface area contributed by atoms with Crippen LogP contribution in [-0.4, -0.2) is 24.8 Å². The van der Waals surface area contributed by atoms with Crippen LogP contribution in [0.3, 0.4) is 0 Å². The first-order valence-electron chi connectivity index (χ1n) is 13.7. The summed E-state index contributed by atoms with van der Waals surface area (Å²) in [6.45, 7) is 9.42. The molecular weight excluding hydrogens is 466 g/mol. The van der Waals surface area contributed by atoms with Crippen LogP contribution in [0.25, 0.3) is 0 Å². The van der Waals surface area contributed by atoms with Gasteiger partial charge in [0.1, 0.15) is 0 Å². The number of rotatable bonds is 13. The molecule has 0 saturated heterocycles. The fourth-order valence-corrected chi connectivity index (χ4v) is 4.23. The van der Waals surface area contributed by atoms with E-state index in [0.29, 0.717) is 13.1 Å². The zero-order valence-corrected chi connectivity index (χ0v) is 22.9. The molecule has 0 amide bonds. The lowest BCUT2D eigenvalue weighted by atomic mass is 10.2. The molecule has 0 N–H and O–H groups in total. The second kappa shape index (κ2) is 14.1. The van der Waals surface area contributed by atoms with Crippen LogP contribution in [0.4, 0.5) is 0 Å². The maximum atomic E-state index is 4.72. The van der Waals surface area contributed by atoms with Gasteiger partial charge in [0.2, 0.25) is 0 Å². The molecule has 0 aliphatic heterocycles. The molecule has 4 aromatic rings. The average molecular weight is 506 g/mol. The fourth-order valence-electron chi connectivity index (χ4n) is 4.23. The van der Waals surface area contributed by atoms with Crippen LogP contribution in [-0.2, 0) is 45.4 Å². The van der Waals surface area contributed by atoms with E-state index < -0.39 is 0 Å². The molecule has 38 heavy (non-hydrogen) atoms. The molecule has 0 unspecified atom stereocenters. The van der Waals surface area contributed by atoms with Gasteiger partial charge in [0.15, 0.2) is 0 Å².